The average molecular weight is 271 g/mol. The van der Waals surface area contributed by atoms with Crippen LogP contribution in [0.25, 0.3) is 0 Å². The number of carboxylic acid groups (broad SMARTS) is 1. The van der Waals surface area contributed by atoms with Gasteiger partial charge >= 0.3 is 5.97 Å². The molecule has 1 fully saturated rings. The van der Waals surface area contributed by atoms with Crippen molar-refractivity contribution in [2.45, 2.75) is 12.8 Å². The summed E-state index contributed by atoms with van der Waals surface area (Å²) >= 11 is 5.78. The number of hydrogen-bond donors (Lipinski definition) is 2. The van der Waals surface area contributed by atoms with Gasteiger partial charge in [0.1, 0.15) is 16.5 Å². The first-order chi connectivity index (χ1) is 8.66. The molecule has 18 heavy (non-hydrogen) atoms. The number of nitrogens with one attached hydrogen (secondary N) is 1. The van der Waals surface area contributed by atoms with Crippen molar-refractivity contribution in [3.05, 3.63) is 22.8 Å². The third-order valence-corrected chi connectivity index (χ3v) is 3.20. The Bertz CT molecular complexity index is 433. The molecule has 1 aromatic rings. The van der Waals surface area contributed by atoms with E-state index in [2.05, 4.69) is 10.3 Å². The van der Waals surface area contributed by atoms with Gasteiger partial charge in [0.05, 0.1) is 0 Å². The molecular formula is C12H15ClN2O3. The first-order valence-corrected chi connectivity index (χ1v) is 6.26. The molecule has 2 N–H and O–H groups in total. The summed E-state index contributed by atoms with van der Waals surface area (Å²) in [7, 11) is 0. The first kappa shape index (κ1) is 13.1. The largest absolute Gasteiger partial charge is 0.478 e. The topological polar surface area (TPSA) is 71.5 Å². The minimum atomic E-state index is -1.01. The summed E-state index contributed by atoms with van der Waals surface area (Å²) in [5, 5.41) is 12.4. The van der Waals surface area contributed by atoms with Crippen molar-refractivity contribution in [2.75, 3.05) is 25.1 Å². The van der Waals surface area contributed by atoms with E-state index in [9.17, 15) is 4.79 Å². The van der Waals surface area contributed by atoms with E-state index in [-0.39, 0.29) is 10.7 Å². The number of ether oxygens (including phenoxy) is 1. The van der Waals surface area contributed by atoms with E-state index in [1.165, 1.54) is 12.1 Å². The van der Waals surface area contributed by atoms with Crippen LogP contribution in [0.1, 0.15) is 23.2 Å². The number of aromatic nitrogens is 1. The summed E-state index contributed by atoms with van der Waals surface area (Å²) in [6.07, 6.45) is 1.96. The van der Waals surface area contributed by atoms with E-state index in [4.69, 9.17) is 21.4 Å². The normalized spacial score (nSPS) is 16.5. The zero-order valence-corrected chi connectivity index (χ0v) is 10.6. The second kappa shape index (κ2) is 6.02. The van der Waals surface area contributed by atoms with E-state index < -0.39 is 5.97 Å². The van der Waals surface area contributed by atoms with E-state index in [1.54, 1.807) is 0 Å². The smallest absolute Gasteiger partial charge is 0.339 e. The van der Waals surface area contributed by atoms with Gasteiger partial charge in [-0.05, 0) is 30.9 Å². The van der Waals surface area contributed by atoms with Crippen molar-refractivity contribution < 1.29 is 14.6 Å². The Labute approximate surface area is 110 Å². The Morgan fingerprint density at radius 3 is 2.89 bits per heavy atom. The number of hydrogen-bond acceptors (Lipinski definition) is 4. The molecule has 1 saturated heterocycles. The van der Waals surface area contributed by atoms with Gasteiger partial charge in [0.25, 0.3) is 0 Å². The molecule has 2 heterocycles. The fraction of sp³-hybridized carbons (Fsp3) is 0.500. The minimum Gasteiger partial charge on any atom is -0.478 e. The van der Waals surface area contributed by atoms with Crippen molar-refractivity contribution in [1.29, 1.82) is 0 Å². The molecule has 98 valence electrons. The van der Waals surface area contributed by atoms with Gasteiger partial charge in [-0.3, -0.25) is 0 Å². The van der Waals surface area contributed by atoms with Gasteiger partial charge in [0, 0.05) is 19.8 Å². The molecular weight excluding hydrogens is 256 g/mol. The number of carbonyl (C=O) groups is 1. The lowest BCUT2D eigenvalue weighted by atomic mass is 10.0. The van der Waals surface area contributed by atoms with Gasteiger partial charge in [-0.15, -0.1) is 0 Å². The average Bonchev–Trinajstić information content (AvgIpc) is 2.37. The summed E-state index contributed by atoms with van der Waals surface area (Å²) in [6, 6.07) is 2.94. The lowest BCUT2D eigenvalue weighted by Gasteiger charge is -2.22. The number of pyridine rings is 1. The van der Waals surface area contributed by atoms with Crippen molar-refractivity contribution in [3.63, 3.8) is 0 Å². The Kier molecular flexibility index (Phi) is 4.38. The Hall–Kier alpha value is -1.33. The second-order valence-electron chi connectivity index (χ2n) is 4.27. The molecule has 0 atom stereocenters. The fourth-order valence-corrected chi connectivity index (χ4v) is 2.08. The maximum Gasteiger partial charge on any atom is 0.339 e. The van der Waals surface area contributed by atoms with Crippen molar-refractivity contribution >= 4 is 23.4 Å². The Balaban J connectivity index is 2.03. The van der Waals surface area contributed by atoms with Crippen LogP contribution in [0.3, 0.4) is 0 Å². The number of carboxylic acids is 1. The summed E-state index contributed by atoms with van der Waals surface area (Å²) < 4.78 is 5.27. The SMILES string of the molecule is O=C(O)c1ccc(Cl)nc1NCC1CCOCC1. The zero-order chi connectivity index (χ0) is 13.0. The zero-order valence-electron chi connectivity index (χ0n) is 9.86. The van der Waals surface area contributed by atoms with Crippen molar-refractivity contribution in [1.82, 2.24) is 4.98 Å². The van der Waals surface area contributed by atoms with Crippen LogP contribution in [-0.2, 0) is 4.74 Å². The minimum absolute atomic E-state index is 0.145. The van der Waals surface area contributed by atoms with E-state index in [0.29, 0.717) is 18.3 Å². The van der Waals surface area contributed by atoms with Crippen LogP contribution in [0.4, 0.5) is 5.82 Å². The summed E-state index contributed by atoms with van der Waals surface area (Å²) in [4.78, 5) is 15.1. The number of halogens is 1. The van der Waals surface area contributed by atoms with Crippen LogP contribution >= 0.6 is 11.6 Å². The molecule has 2 rings (SSSR count). The van der Waals surface area contributed by atoms with Gasteiger partial charge < -0.3 is 15.2 Å². The molecule has 0 aromatic carbocycles. The number of rotatable bonds is 4. The van der Waals surface area contributed by atoms with Crippen LogP contribution in [0.15, 0.2) is 12.1 Å². The highest BCUT2D eigenvalue weighted by Gasteiger charge is 2.16. The molecule has 1 aromatic heterocycles. The monoisotopic (exact) mass is 270 g/mol. The molecule has 0 unspecified atom stereocenters. The Morgan fingerprint density at radius 1 is 1.50 bits per heavy atom. The molecule has 0 saturated carbocycles. The lowest BCUT2D eigenvalue weighted by molar-refractivity contribution is 0.0688. The predicted octanol–water partition coefficient (Wildman–Crippen LogP) is 2.27. The molecule has 0 aliphatic carbocycles. The van der Waals surface area contributed by atoms with Crippen molar-refractivity contribution in [2.24, 2.45) is 5.92 Å². The van der Waals surface area contributed by atoms with Crippen LogP contribution in [-0.4, -0.2) is 35.8 Å². The maximum absolute atomic E-state index is 11.0. The molecule has 0 radical (unpaired) electrons. The molecule has 0 spiro atoms. The number of anilines is 1. The highest BCUT2D eigenvalue weighted by molar-refractivity contribution is 6.29. The molecule has 0 amide bonds. The van der Waals surface area contributed by atoms with Gasteiger partial charge in [-0.1, -0.05) is 11.6 Å². The quantitative estimate of drug-likeness (QED) is 0.821. The number of aromatic carboxylic acids is 1. The van der Waals surface area contributed by atoms with E-state index >= 15 is 0 Å². The first-order valence-electron chi connectivity index (χ1n) is 5.88. The highest BCUT2D eigenvalue weighted by atomic mass is 35.5. The van der Waals surface area contributed by atoms with E-state index in [0.717, 1.165) is 26.1 Å². The molecule has 1 aliphatic heterocycles. The third kappa shape index (κ3) is 3.34. The van der Waals surface area contributed by atoms with Gasteiger partial charge in [0.2, 0.25) is 0 Å². The summed E-state index contributed by atoms with van der Waals surface area (Å²) in [6.45, 7) is 2.22. The molecule has 0 bridgehead atoms. The van der Waals surface area contributed by atoms with Gasteiger partial charge in [-0.25, -0.2) is 9.78 Å². The van der Waals surface area contributed by atoms with Gasteiger partial charge in [-0.2, -0.15) is 0 Å². The van der Waals surface area contributed by atoms with Crippen molar-refractivity contribution in [3.8, 4) is 0 Å². The molecule has 1 aliphatic rings. The fourth-order valence-electron chi connectivity index (χ4n) is 1.93. The number of nitrogens with zero attached hydrogens (tertiary/aromatic N) is 1. The second-order valence-corrected chi connectivity index (χ2v) is 4.66. The van der Waals surface area contributed by atoms with Crippen LogP contribution in [0.5, 0.6) is 0 Å². The molecule has 5 nitrogen and oxygen atoms in total. The predicted molar refractivity (Wildman–Crippen MR) is 68.2 cm³/mol. The summed E-state index contributed by atoms with van der Waals surface area (Å²) in [5.74, 6) is -0.184. The maximum atomic E-state index is 11.0. The van der Waals surface area contributed by atoms with Crippen LogP contribution in [0, 0.1) is 5.92 Å². The van der Waals surface area contributed by atoms with E-state index in [1.807, 2.05) is 0 Å². The lowest BCUT2D eigenvalue weighted by Crippen LogP contribution is -2.23. The Morgan fingerprint density at radius 2 is 2.22 bits per heavy atom. The van der Waals surface area contributed by atoms with Gasteiger partial charge in [0.15, 0.2) is 0 Å². The molecule has 6 heteroatoms. The highest BCUT2D eigenvalue weighted by Crippen LogP contribution is 2.19. The third-order valence-electron chi connectivity index (χ3n) is 2.99. The standard InChI is InChI=1S/C12H15ClN2O3/c13-10-2-1-9(12(16)17)11(15-10)14-7-8-3-5-18-6-4-8/h1-2,8H,3-7H2,(H,14,15)(H,16,17). The summed E-state index contributed by atoms with van der Waals surface area (Å²) in [5.41, 5.74) is 0.145. The van der Waals surface area contributed by atoms with Crippen LogP contribution in [0.2, 0.25) is 5.15 Å². The van der Waals surface area contributed by atoms with Crippen LogP contribution < -0.4 is 5.32 Å².